The van der Waals surface area contributed by atoms with E-state index in [-0.39, 0.29) is 11.9 Å². The van der Waals surface area contributed by atoms with Crippen molar-refractivity contribution in [3.05, 3.63) is 29.6 Å². The van der Waals surface area contributed by atoms with Crippen molar-refractivity contribution in [2.75, 3.05) is 40.0 Å². The van der Waals surface area contributed by atoms with Crippen molar-refractivity contribution in [3.63, 3.8) is 0 Å². The molecule has 1 saturated heterocycles. The molecule has 2 N–H and O–H groups in total. The summed E-state index contributed by atoms with van der Waals surface area (Å²) in [7, 11) is 1.93. The molecule has 1 saturated carbocycles. The molecule has 0 spiro atoms. The molecule has 184 valence electrons. The molecule has 0 unspecified atom stereocenters. The second-order valence-electron chi connectivity index (χ2n) is 9.12. The minimum atomic E-state index is 0.192. The number of hydrogen-bond acceptors (Lipinski definition) is 8. The largest absolute Gasteiger partial charge is 0.494 e. The minimum Gasteiger partial charge on any atom is -0.494 e. The van der Waals surface area contributed by atoms with E-state index >= 15 is 0 Å². The van der Waals surface area contributed by atoms with Gasteiger partial charge in [-0.1, -0.05) is 19.3 Å². The Hall–Kier alpha value is -3.03. The summed E-state index contributed by atoms with van der Waals surface area (Å²) in [5, 5.41) is 0. The Morgan fingerprint density at radius 2 is 2.03 bits per heavy atom. The van der Waals surface area contributed by atoms with Gasteiger partial charge in [-0.15, -0.1) is 0 Å². The second kappa shape index (κ2) is 11.4. The normalized spacial score (nSPS) is 18.6. The topological polar surface area (TPSA) is 101 Å². The Bertz CT molecular complexity index is 947. The molecule has 3 aliphatic rings. The molecule has 34 heavy (non-hydrogen) atoms. The molecule has 1 amide bonds. The quantitative estimate of drug-likeness (QED) is 0.461. The molecule has 2 aliphatic heterocycles. The molecule has 9 nitrogen and oxygen atoms in total. The third-order valence-electron chi connectivity index (χ3n) is 6.87. The van der Waals surface area contributed by atoms with Crippen LogP contribution in [0.3, 0.4) is 0 Å². The van der Waals surface area contributed by atoms with Crippen molar-refractivity contribution in [1.82, 2.24) is 14.7 Å². The van der Waals surface area contributed by atoms with E-state index in [1.165, 1.54) is 19.3 Å². The number of fused-ring (bicyclic) bond motifs is 1. The molecular formula is C25H35N5O4. The van der Waals surface area contributed by atoms with Gasteiger partial charge in [0.2, 0.25) is 11.9 Å². The van der Waals surface area contributed by atoms with Crippen molar-refractivity contribution in [2.24, 2.45) is 10.7 Å². The molecule has 4 rings (SSSR count). The highest BCUT2D eigenvalue weighted by atomic mass is 16.5. The first-order valence-corrected chi connectivity index (χ1v) is 12.3. The van der Waals surface area contributed by atoms with Crippen molar-refractivity contribution < 1.29 is 19.1 Å². The van der Waals surface area contributed by atoms with Gasteiger partial charge in [0.15, 0.2) is 11.8 Å². The predicted octanol–water partition coefficient (Wildman–Crippen LogP) is 2.40. The number of hydrogen-bond donors (Lipinski definition) is 1. The standard InChI is InChI=1S/C25H35N5O4/c1-28(20-6-3-2-4-7-20)24(32)8-5-13-34-21-9-10-22-19(16-21)17-30(25(26)27-22)23(18-31)29-11-14-33-15-12-29/h9-10,16,20H,2-8,11-15,17H2,1H3,(H2,26,27). The lowest BCUT2D eigenvalue weighted by Crippen LogP contribution is -2.47. The summed E-state index contributed by atoms with van der Waals surface area (Å²) < 4.78 is 11.3. The first-order chi connectivity index (χ1) is 16.6. The SMILES string of the molecule is CN(C(=O)CCCOc1ccc2c(c1)CN(C(=C=O)N1CCOCC1)C(N)=N2)C1CCCCC1. The summed E-state index contributed by atoms with van der Waals surface area (Å²) in [6.07, 6.45) is 7.09. The van der Waals surface area contributed by atoms with E-state index < -0.39 is 0 Å². The van der Waals surface area contributed by atoms with E-state index in [4.69, 9.17) is 15.2 Å². The molecule has 2 heterocycles. The fourth-order valence-corrected chi connectivity index (χ4v) is 4.83. The van der Waals surface area contributed by atoms with E-state index in [0.29, 0.717) is 69.9 Å². The number of nitrogens with zero attached hydrogens (tertiary/aromatic N) is 4. The van der Waals surface area contributed by atoms with Crippen LogP contribution >= 0.6 is 0 Å². The van der Waals surface area contributed by atoms with E-state index in [1.807, 2.05) is 41.0 Å². The van der Waals surface area contributed by atoms with Gasteiger partial charge in [0.25, 0.3) is 0 Å². The van der Waals surface area contributed by atoms with Crippen LogP contribution in [0.25, 0.3) is 0 Å². The first-order valence-electron chi connectivity index (χ1n) is 12.3. The van der Waals surface area contributed by atoms with Gasteiger partial charge in [0.05, 0.1) is 32.1 Å². The number of carbonyl (C=O) groups excluding carboxylic acids is 2. The molecule has 0 bridgehead atoms. The fourth-order valence-electron chi connectivity index (χ4n) is 4.83. The van der Waals surface area contributed by atoms with Crippen molar-refractivity contribution in [2.45, 2.75) is 57.5 Å². The van der Waals surface area contributed by atoms with Crippen LogP contribution in [0.15, 0.2) is 29.0 Å². The van der Waals surface area contributed by atoms with Crippen molar-refractivity contribution in [1.29, 1.82) is 0 Å². The van der Waals surface area contributed by atoms with Crippen molar-refractivity contribution in [3.8, 4) is 5.75 Å². The van der Waals surface area contributed by atoms with Gasteiger partial charge in [-0.2, -0.15) is 0 Å². The highest BCUT2D eigenvalue weighted by Gasteiger charge is 2.27. The minimum absolute atomic E-state index is 0.192. The van der Waals surface area contributed by atoms with Crippen LogP contribution < -0.4 is 10.5 Å². The maximum atomic E-state index is 12.5. The maximum Gasteiger partial charge on any atom is 0.222 e. The number of amides is 1. The highest BCUT2D eigenvalue weighted by molar-refractivity contribution is 5.86. The van der Waals surface area contributed by atoms with E-state index in [2.05, 4.69) is 4.99 Å². The van der Waals surface area contributed by atoms with E-state index in [1.54, 1.807) is 4.90 Å². The molecule has 0 atom stereocenters. The van der Waals surface area contributed by atoms with Gasteiger partial charge in [0, 0.05) is 38.2 Å². The van der Waals surface area contributed by atoms with Gasteiger partial charge in [-0.25, -0.2) is 9.79 Å². The molecule has 2 fully saturated rings. The van der Waals surface area contributed by atoms with E-state index in [0.717, 1.165) is 24.1 Å². The van der Waals surface area contributed by atoms with Crippen LogP contribution in [0.5, 0.6) is 5.75 Å². The summed E-state index contributed by atoms with van der Waals surface area (Å²) in [5.74, 6) is 3.59. The van der Waals surface area contributed by atoms with Gasteiger partial charge in [-0.05, 0) is 37.5 Å². The maximum absolute atomic E-state index is 12.5. The molecule has 0 radical (unpaired) electrons. The van der Waals surface area contributed by atoms with Crippen LogP contribution in [0.1, 0.15) is 50.5 Å². The molecule has 9 heteroatoms. The zero-order chi connectivity index (χ0) is 23.9. The highest BCUT2D eigenvalue weighted by Crippen LogP contribution is 2.31. The number of rotatable bonds is 8. The third kappa shape index (κ3) is 5.72. The lowest BCUT2D eigenvalue weighted by atomic mass is 9.94. The number of nitrogens with two attached hydrogens (primary N) is 1. The summed E-state index contributed by atoms with van der Waals surface area (Å²) in [6, 6.07) is 6.05. The Kier molecular flexibility index (Phi) is 8.08. The zero-order valence-corrected chi connectivity index (χ0v) is 20.0. The Labute approximate surface area is 201 Å². The number of aliphatic imine (C=N–C) groups is 1. The Morgan fingerprint density at radius 3 is 2.76 bits per heavy atom. The zero-order valence-electron chi connectivity index (χ0n) is 20.0. The smallest absolute Gasteiger partial charge is 0.222 e. The summed E-state index contributed by atoms with van der Waals surface area (Å²) >= 11 is 0. The first kappa shape index (κ1) is 24.1. The van der Waals surface area contributed by atoms with Gasteiger partial charge >= 0.3 is 0 Å². The monoisotopic (exact) mass is 469 g/mol. The molecular weight excluding hydrogens is 434 g/mol. The molecule has 0 aromatic heterocycles. The average molecular weight is 470 g/mol. The number of benzene rings is 1. The van der Waals surface area contributed by atoms with Gasteiger partial charge < -0.3 is 25.0 Å². The summed E-state index contributed by atoms with van der Waals surface area (Å²) in [5.41, 5.74) is 7.85. The fraction of sp³-hybridized carbons (Fsp3) is 0.600. The molecule has 1 aromatic rings. The lowest BCUT2D eigenvalue weighted by molar-refractivity contribution is -0.132. The Morgan fingerprint density at radius 1 is 1.26 bits per heavy atom. The summed E-state index contributed by atoms with van der Waals surface area (Å²) in [6.45, 7) is 3.21. The number of carbonyl (C=O) groups is 1. The van der Waals surface area contributed by atoms with Gasteiger partial charge in [-0.3, -0.25) is 9.69 Å². The average Bonchev–Trinajstić information content (AvgIpc) is 2.88. The van der Waals surface area contributed by atoms with Crippen LogP contribution in [0.4, 0.5) is 5.69 Å². The van der Waals surface area contributed by atoms with Crippen LogP contribution in [-0.4, -0.2) is 78.5 Å². The predicted molar refractivity (Wildman–Crippen MR) is 129 cm³/mol. The van der Waals surface area contributed by atoms with Gasteiger partial charge in [0.1, 0.15) is 5.75 Å². The molecule has 1 aliphatic carbocycles. The lowest BCUT2D eigenvalue weighted by Gasteiger charge is -2.36. The Balaban J connectivity index is 1.31. The number of ether oxygens (including phenoxy) is 2. The summed E-state index contributed by atoms with van der Waals surface area (Å²) in [4.78, 5) is 34.3. The third-order valence-corrected chi connectivity index (χ3v) is 6.87. The van der Waals surface area contributed by atoms with Crippen molar-refractivity contribution >= 4 is 23.5 Å². The van der Waals surface area contributed by atoms with Crippen LogP contribution in [0, 0.1) is 0 Å². The number of guanidine groups is 1. The molecule has 1 aromatic carbocycles. The number of morpholine rings is 1. The van der Waals surface area contributed by atoms with Crippen LogP contribution in [-0.2, 0) is 20.9 Å². The second-order valence-corrected chi connectivity index (χ2v) is 9.12. The van der Waals surface area contributed by atoms with Crippen LogP contribution in [0.2, 0.25) is 0 Å². The van der Waals surface area contributed by atoms with E-state index in [9.17, 15) is 9.59 Å².